The van der Waals surface area contributed by atoms with Crippen LogP contribution in [0.4, 0.5) is 0 Å². The highest BCUT2D eigenvalue weighted by molar-refractivity contribution is 7.87. The molecular weight excluding hydrogens is 422 g/mol. The highest BCUT2D eigenvalue weighted by Gasteiger charge is 2.18. The smallest absolute Gasteiger partial charge is 0.339 e. The number of H-pyrrole nitrogens is 1. The van der Waals surface area contributed by atoms with Crippen LogP contribution < -0.4 is 4.18 Å². The lowest BCUT2D eigenvalue weighted by Crippen LogP contribution is -2.10. The Bertz CT molecular complexity index is 1370. The van der Waals surface area contributed by atoms with E-state index >= 15 is 0 Å². The van der Waals surface area contributed by atoms with E-state index in [9.17, 15) is 13.7 Å². The van der Waals surface area contributed by atoms with Crippen LogP contribution in [0.15, 0.2) is 77.7 Å². The third-order valence-electron chi connectivity index (χ3n) is 4.27. The van der Waals surface area contributed by atoms with Crippen molar-refractivity contribution in [2.75, 3.05) is 0 Å². The van der Waals surface area contributed by atoms with Gasteiger partial charge in [0, 0.05) is 10.6 Å². The first-order valence-electron chi connectivity index (χ1n) is 8.82. The van der Waals surface area contributed by atoms with Gasteiger partial charge in [-0.2, -0.15) is 13.7 Å². The van der Waals surface area contributed by atoms with Crippen LogP contribution in [0.25, 0.3) is 22.7 Å². The Balaban J connectivity index is 1.77. The third-order valence-corrected chi connectivity index (χ3v) is 5.75. The van der Waals surface area contributed by atoms with Gasteiger partial charge in [-0.25, -0.2) is 4.98 Å². The fraction of sp³-hybridized carbons (Fsp3) is 0. The van der Waals surface area contributed by atoms with Crippen molar-refractivity contribution in [2.45, 2.75) is 4.90 Å². The maximum absolute atomic E-state index is 12.6. The molecular formula is C22H14ClN3O3S. The number of fused-ring (bicyclic) bond motifs is 1. The van der Waals surface area contributed by atoms with Gasteiger partial charge in [-0.1, -0.05) is 41.9 Å². The van der Waals surface area contributed by atoms with Gasteiger partial charge in [0.1, 0.15) is 22.5 Å². The van der Waals surface area contributed by atoms with E-state index in [-0.39, 0.29) is 16.2 Å². The number of hydrogen-bond acceptors (Lipinski definition) is 5. The summed E-state index contributed by atoms with van der Waals surface area (Å²) in [5, 5.41) is 10.0. The molecule has 3 aromatic carbocycles. The van der Waals surface area contributed by atoms with E-state index < -0.39 is 10.1 Å². The van der Waals surface area contributed by atoms with E-state index in [1.54, 1.807) is 18.2 Å². The molecule has 0 bridgehead atoms. The molecule has 0 fully saturated rings. The number of allylic oxidation sites excluding steroid dienone is 1. The van der Waals surface area contributed by atoms with Crippen LogP contribution in [0.5, 0.6) is 5.75 Å². The normalized spacial score (nSPS) is 11.9. The number of nitrogens with one attached hydrogen (secondary N) is 1. The highest BCUT2D eigenvalue weighted by Crippen LogP contribution is 2.30. The van der Waals surface area contributed by atoms with Crippen molar-refractivity contribution >= 4 is 44.4 Å². The summed E-state index contributed by atoms with van der Waals surface area (Å²) in [5.41, 5.74) is 2.03. The van der Waals surface area contributed by atoms with E-state index in [4.69, 9.17) is 15.8 Å². The molecule has 148 valence electrons. The molecule has 8 heteroatoms. The fourth-order valence-electron chi connectivity index (χ4n) is 2.85. The number of hydrogen-bond donors (Lipinski definition) is 1. The predicted octanol–water partition coefficient (Wildman–Crippen LogP) is 5.05. The molecule has 0 aliphatic rings. The Labute approximate surface area is 178 Å². The standard InChI is InChI=1S/C22H14ClN3O3S/c23-17-10-11-21(29-30(27,28)18-6-2-1-3-7-18)15(13-17)12-16(14-24)22-25-19-8-4-5-9-20(19)26-22/h1-13H,(H,25,26)/b16-12+. The molecule has 0 saturated carbocycles. The van der Waals surface area contributed by atoms with E-state index in [2.05, 4.69) is 16.0 Å². The molecule has 4 rings (SSSR count). The van der Waals surface area contributed by atoms with Crippen molar-refractivity contribution in [3.8, 4) is 11.8 Å². The minimum atomic E-state index is -4.06. The number of benzene rings is 3. The maximum atomic E-state index is 12.6. The summed E-state index contributed by atoms with van der Waals surface area (Å²) >= 11 is 6.10. The molecule has 0 aliphatic heterocycles. The van der Waals surface area contributed by atoms with Crippen LogP contribution >= 0.6 is 11.6 Å². The molecule has 0 saturated heterocycles. The minimum absolute atomic E-state index is 0.0210. The molecule has 1 aromatic heterocycles. The third kappa shape index (κ3) is 4.06. The van der Waals surface area contributed by atoms with E-state index in [1.807, 2.05) is 24.3 Å². The van der Waals surface area contributed by atoms with Crippen molar-refractivity contribution in [2.24, 2.45) is 0 Å². The Morgan fingerprint density at radius 1 is 1.07 bits per heavy atom. The highest BCUT2D eigenvalue weighted by atomic mass is 35.5. The number of nitriles is 1. The number of aromatic nitrogens is 2. The number of aromatic amines is 1. The maximum Gasteiger partial charge on any atom is 0.339 e. The Morgan fingerprint density at radius 3 is 2.53 bits per heavy atom. The van der Waals surface area contributed by atoms with Crippen molar-refractivity contribution < 1.29 is 12.6 Å². The van der Waals surface area contributed by atoms with Gasteiger partial charge in [0.15, 0.2) is 0 Å². The van der Waals surface area contributed by atoms with Crippen molar-refractivity contribution in [3.05, 3.63) is 89.2 Å². The number of para-hydroxylation sites is 2. The average molecular weight is 436 g/mol. The van der Waals surface area contributed by atoms with Crippen LogP contribution in [-0.4, -0.2) is 18.4 Å². The number of nitrogens with zero attached hydrogens (tertiary/aromatic N) is 2. The summed E-state index contributed by atoms with van der Waals surface area (Å²) in [6, 6.07) is 21.8. The summed E-state index contributed by atoms with van der Waals surface area (Å²) < 4.78 is 30.6. The quantitative estimate of drug-likeness (QED) is 0.349. The van der Waals surface area contributed by atoms with Crippen LogP contribution in [0.3, 0.4) is 0 Å². The Morgan fingerprint density at radius 2 is 1.80 bits per heavy atom. The molecule has 4 aromatic rings. The van der Waals surface area contributed by atoms with Gasteiger partial charge >= 0.3 is 10.1 Å². The topological polar surface area (TPSA) is 95.8 Å². The first-order chi connectivity index (χ1) is 14.5. The first-order valence-corrected chi connectivity index (χ1v) is 10.6. The van der Waals surface area contributed by atoms with Gasteiger partial charge in [0.05, 0.1) is 16.6 Å². The molecule has 0 amide bonds. The summed E-state index contributed by atoms with van der Waals surface area (Å²) in [5.74, 6) is 0.405. The second-order valence-electron chi connectivity index (χ2n) is 6.31. The molecule has 0 unspecified atom stereocenters. The first kappa shape index (κ1) is 19.7. The predicted molar refractivity (Wildman–Crippen MR) is 115 cm³/mol. The van der Waals surface area contributed by atoms with Crippen LogP contribution in [0.2, 0.25) is 5.02 Å². The molecule has 0 radical (unpaired) electrons. The summed E-state index contributed by atoms with van der Waals surface area (Å²) in [6.45, 7) is 0. The van der Waals surface area contributed by atoms with Gasteiger partial charge in [0.25, 0.3) is 0 Å². The van der Waals surface area contributed by atoms with Gasteiger partial charge in [-0.3, -0.25) is 0 Å². The minimum Gasteiger partial charge on any atom is -0.378 e. The zero-order valence-corrected chi connectivity index (χ0v) is 17.0. The summed E-state index contributed by atoms with van der Waals surface area (Å²) in [7, 11) is -4.06. The SMILES string of the molecule is N#C/C(=C\c1cc(Cl)ccc1OS(=O)(=O)c1ccccc1)c1nc2ccccc2[nH]1. The fourth-order valence-corrected chi connectivity index (χ4v) is 4.01. The summed E-state index contributed by atoms with van der Waals surface area (Å²) in [4.78, 5) is 7.52. The van der Waals surface area contributed by atoms with E-state index in [1.165, 1.54) is 36.4 Å². The van der Waals surface area contributed by atoms with Gasteiger partial charge in [0.2, 0.25) is 0 Å². The molecule has 1 heterocycles. The van der Waals surface area contributed by atoms with E-state index in [0.29, 0.717) is 21.9 Å². The van der Waals surface area contributed by atoms with Crippen LogP contribution in [0, 0.1) is 11.3 Å². The van der Waals surface area contributed by atoms with Crippen LogP contribution in [0.1, 0.15) is 11.4 Å². The lowest BCUT2D eigenvalue weighted by Gasteiger charge is -2.10. The number of imidazole rings is 1. The largest absolute Gasteiger partial charge is 0.378 e. The Hall–Kier alpha value is -3.60. The zero-order chi connectivity index (χ0) is 21.1. The number of rotatable bonds is 5. The zero-order valence-electron chi connectivity index (χ0n) is 15.4. The monoisotopic (exact) mass is 435 g/mol. The molecule has 6 nitrogen and oxygen atoms in total. The average Bonchev–Trinajstić information content (AvgIpc) is 3.18. The second kappa shape index (κ2) is 8.03. The summed E-state index contributed by atoms with van der Waals surface area (Å²) in [6.07, 6.45) is 1.49. The number of halogens is 1. The van der Waals surface area contributed by atoms with E-state index in [0.717, 1.165) is 5.52 Å². The van der Waals surface area contributed by atoms with Gasteiger partial charge < -0.3 is 9.17 Å². The lowest BCUT2D eigenvalue weighted by atomic mass is 10.1. The second-order valence-corrected chi connectivity index (χ2v) is 8.29. The van der Waals surface area contributed by atoms with Crippen LogP contribution in [-0.2, 0) is 10.1 Å². The molecule has 30 heavy (non-hydrogen) atoms. The van der Waals surface area contributed by atoms with Gasteiger partial charge in [-0.05, 0) is 48.5 Å². The molecule has 0 spiro atoms. The van der Waals surface area contributed by atoms with Crippen molar-refractivity contribution in [1.29, 1.82) is 5.26 Å². The molecule has 0 atom stereocenters. The van der Waals surface area contributed by atoms with Crippen molar-refractivity contribution in [3.63, 3.8) is 0 Å². The van der Waals surface area contributed by atoms with Crippen molar-refractivity contribution in [1.82, 2.24) is 9.97 Å². The Kier molecular flexibility index (Phi) is 5.27. The lowest BCUT2D eigenvalue weighted by molar-refractivity contribution is 0.485. The molecule has 0 aliphatic carbocycles. The molecule has 1 N–H and O–H groups in total. The van der Waals surface area contributed by atoms with Gasteiger partial charge in [-0.15, -0.1) is 0 Å².